The Kier molecular flexibility index (Phi) is 4.93. The normalized spacial score (nSPS) is 12.2. The number of hydrogen-bond donors (Lipinski definition) is 0. The number of nitrogens with zero attached hydrogens (tertiary/aromatic N) is 1. The Bertz CT molecular complexity index is 363. The second kappa shape index (κ2) is 5.59. The minimum atomic E-state index is -0.0341. The maximum Gasteiger partial charge on any atom is 0.0595 e. The van der Waals surface area contributed by atoms with E-state index in [-0.39, 0.29) is 5.54 Å². The molecule has 4 heteroatoms. The van der Waals surface area contributed by atoms with Gasteiger partial charge in [0.2, 0.25) is 0 Å². The quantitative estimate of drug-likeness (QED) is 0.737. The molecule has 0 heterocycles. The molecule has 1 aromatic rings. The highest BCUT2D eigenvalue weighted by atomic mass is 35.5. The smallest absolute Gasteiger partial charge is 0.0595 e. The maximum atomic E-state index is 5.97. The van der Waals surface area contributed by atoms with Crippen molar-refractivity contribution < 1.29 is 0 Å². The summed E-state index contributed by atoms with van der Waals surface area (Å²) in [5.41, 5.74) is 1.10. The van der Waals surface area contributed by atoms with Crippen molar-refractivity contribution in [3.05, 3.63) is 33.8 Å². The van der Waals surface area contributed by atoms with Crippen LogP contribution in [-0.4, -0.2) is 23.4 Å². The van der Waals surface area contributed by atoms with Gasteiger partial charge in [-0.25, -0.2) is 0 Å². The molecule has 0 spiro atoms. The molecule has 0 aromatic heterocycles. The highest BCUT2D eigenvalue weighted by Gasteiger charge is 2.22. The van der Waals surface area contributed by atoms with Gasteiger partial charge in [-0.2, -0.15) is 0 Å². The van der Waals surface area contributed by atoms with E-state index in [4.69, 9.17) is 34.8 Å². The van der Waals surface area contributed by atoms with Crippen LogP contribution in [0.15, 0.2) is 18.2 Å². The van der Waals surface area contributed by atoms with Crippen LogP contribution in [0.2, 0.25) is 10.0 Å². The fourth-order valence-corrected chi connectivity index (χ4v) is 1.75. The Balaban J connectivity index is 2.77. The molecule has 0 saturated carbocycles. The Labute approximate surface area is 112 Å². The zero-order chi connectivity index (χ0) is 12.3. The molecule has 1 rings (SSSR count). The monoisotopic (exact) mass is 279 g/mol. The van der Waals surface area contributed by atoms with Gasteiger partial charge in [-0.1, -0.05) is 29.3 Å². The first-order chi connectivity index (χ1) is 7.36. The summed E-state index contributed by atoms with van der Waals surface area (Å²) in [6.07, 6.45) is 0. The van der Waals surface area contributed by atoms with Crippen LogP contribution in [0.1, 0.15) is 19.4 Å². The van der Waals surface area contributed by atoms with E-state index < -0.39 is 0 Å². The van der Waals surface area contributed by atoms with Crippen molar-refractivity contribution in [1.29, 1.82) is 0 Å². The van der Waals surface area contributed by atoms with Crippen LogP contribution in [-0.2, 0) is 6.54 Å². The average molecular weight is 281 g/mol. The minimum absolute atomic E-state index is 0.0341. The second-order valence-electron chi connectivity index (χ2n) is 4.55. The lowest BCUT2D eigenvalue weighted by molar-refractivity contribution is 0.171. The van der Waals surface area contributed by atoms with Gasteiger partial charge in [0.15, 0.2) is 0 Å². The molecule has 90 valence electrons. The average Bonchev–Trinajstić information content (AvgIpc) is 2.23. The van der Waals surface area contributed by atoms with Crippen molar-refractivity contribution in [3.8, 4) is 0 Å². The van der Waals surface area contributed by atoms with E-state index in [0.29, 0.717) is 15.9 Å². The van der Waals surface area contributed by atoms with Crippen molar-refractivity contribution in [1.82, 2.24) is 4.90 Å². The predicted molar refractivity (Wildman–Crippen MR) is 72.7 cm³/mol. The lowest BCUT2D eigenvalue weighted by Gasteiger charge is -2.33. The van der Waals surface area contributed by atoms with Crippen LogP contribution in [0.4, 0.5) is 0 Å². The second-order valence-corrected chi connectivity index (χ2v) is 5.63. The highest BCUT2D eigenvalue weighted by molar-refractivity contribution is 6.42. The first-order valence-corrected chi connectivity index (χ1v) is 6.37. The third-order valence-corrected chi connectivity index (χ3v) is 4.16. The molecule has 1 nitrogen and oxygen atoms in total. The van der Waals surface area contributed by atoms with Gasteiger partial charge in [0, 0.05) is 18.0 Å². The van der Waals surface area contributed by atoms with E-state index in [1.54, 1.807) is 0 Å². The molecule has 0 radical (unpaired) electrons. The summed E-state index contributed by atoms with van der Waals surface area (Å²) in [6.45, 7) is 5.02. The van der Waals surface area contributed by atoms with Gasteiger partial charge in [-0.3, -0.25) is 4.90 Å². The molecule has 0 saturated heterocycles. The van der Waals surface area contributed by atoms with Crippen molar-refractivity contribution in [2.75, 3.05) is 12.9 Å². The topological polar surface area (TPSA) is 3.24 Å². The minimum Gasteiger partial charge on any atom is -0.296 e. The lowest BCUT2D eigenvalue weighted by atomic mass is 10.1. The predicted octanol–water partition coefficient (Wildman–Crippen LogP) is 4.44. The molecule has 0 atom stereocenters. The van der Waals surface area contributed by atoms with E-state index in [0.717, 1.165) is 12.1 Å². The van der Waals surface area contributed by atoms with E-state index >= 15 is 0 Å². The molecular formula is C12H16Cl3N. The molecular weight excluding hydrogens is 264 g/mol. The van der Waals surface area contributed by atoms with Crippen molar-refractivity contribution in [2.45, 2.75) is 25.9 Å². The first-order valence-electron chi connectivity index (χ1n) is 5.08. The van der Waals surface area contributed by atoms with E-state index in [9.17, 15) is 0 Å². The van der Waals surface area contributed by atoms with Crippen molar-refractivity contribution in [3.63, 3.8) is 0 Å². The van der Waals surface area contributed by atoms with Gasteiger partial charge in [0.1, 0.15) is 0 Å². The van der Waals surface area contributed by atoms with Crippen LogP contribution < -0.4 is 0 Å². The fourth-order valence-electron chi connectivity index (χ4n) is 1.23. The molecule has 0 unspecified atom stereocenters. The molecule has 0 aliphatic heterocycles. The first kappa shape index (κ1) is 14.1. The Morgan fingerprint density at radius 3 is 2.31 bits per heavy atom. The molecule has 0 bridgehead atoms. The van der Waals surface area contributed by atoms with Gasteiger partial charge in [0.05, 0.1) is 10.0 Å². The van der Waals surface area contributed by atoms with E-state index in [2.05, 4.69) is 18.7 Å². The summed E-state index contributed by atoms with van der Waals surface area (Å²) in [5.74, 6) is 0.588. The van der Waals surface area contributed by atoms with Crippen LogP contribution in [0.3, 0.4) is 0 Å². The number of benzene rings is 1. The van der Waals surface area contributed by atoms with Crippen molar-refractivity contribution >= 4 is 34.8 Å². The lowest BCUT2D eigenvalue weighted by Crippen LogP contribution is -2.42. The molecule has 0 fully saturated rings. The van der Waals surface area contributed by atoms with Gasteiger partial charge in [-0.05, 0) is 38.6 Å². The zero-order valence-corrected chi connectivity index (χ0v) is 12.0. The summed E-state index contributed by atoms with van der Waals surface area (Å²) < 4.78 is 0. The van der Waals surface area contributed by atoms with Crippen LogP contribution in [0, 0.1) is 0 Å². The third-order valence-electron chi connectivity index (χ3n) is 2.76. The largest absolute Gasteiger partial charge is 0.296 e. The van der Waals surface area contributed by atoms with Gasteiger partial charge in [-0.15, -0.1) is 11.6 Å². The number of alkyl halides is 1. The highest BCUT2D eigenvalue weighted by Crippen LogP contribution is 2.24. The summed E-state index contributed by atoms with van der Waals surface area (Å²) in [5, 5.41) is 1.18. The third kappa shape index (κ3) is 3.53. The number of rotatable bonds is 4. The van der Waals surface area contributed by atoms with Gasteiger partial charge in [0.25, 0.3) is 0 Å². The summed E-state index contributed by atoms with van der Waals surface area (Å²) in [7, 11) is 2.05. The van der Waals surface area contributed by atoms with Crippen molar-refractivity contribution in [2.24, 2.45) is 0 Å². The Hall–Kier alpha value is 0.0500. The summed E-state index contributed by atoms with van der Waals surface area (Å²) in [4.78, 5) is 2.19. The van der Waals surface area contributed by atoms with Crippen LogP contribution in [0.25, 0.3) is 0 Å². The molecule has 0 N–H and O–H groups in total. The SMILES string of the molecule is CN(Cc1ccc(Cl)c(Cl)c1)C(C)(C)CCl. The number of halogens is 3. The maximum absolute atomic E-state index is 5.97. The summed E-state index contributed by atoms with van der Waals surface area (Å²) in [6, 6.07) is 5.69. The van der Waals surface area contributed by atoms with Gasteiger partial charge < -0.3 is 0 Å². The molecule has 0 amide bonds. The van der Waals surface area contributed by atoms with E-state index in [1.165, 1.54) is 0 Å². The number of hydrogen-bond acceptors (Lipinski definition) is 1. The Morgan fingerprint density at radius 2 is 1.81 bits per heavy atom. The molecule has 1 aromatic carbocycles. The standard InChI is InChI=1S/C12H16Cl3N/c1-12(2,8-13)16(3)7-9-4-5-10(14)11(15)6-9/h4-6H,7-8H2,1-3H3. The fraction of sp³-hybridized carbons (Fsp3) is 0.500. The van der Waals surface area contributed by atoms with Gasteiger partial charge >= 0.3 is 0 Å². The molecule has 0 aliphatic carbocycles. The van der Waals surface area contributed by atoms with Crippen LogP contribution in [0.5, 0.6) is 0 Å². The Morgan fingerprint density at radius 1 is 1.19 bits per heavy atom. The molecule has 16 heavy (non-hydrogen) atoms. The van der Waals surface area contributed by atoms with E-state index in [1.807, 2.05) is 25.2 Å². The zero-order valence-electron chi connectivity index (χ0n) is 9.73. The van der Waals surface area contributed by atoms with Crippen LogP contribution >= 0.6 is 34.8 Å². The molecule has 0 aliphatic rings. The summed E-state index contributed by atoms with van der Waals surface area (Å²) >= 11 is 17.8.